The summed E-state index contributed by atoms with van der Waals surface area (Å²) in [7, 11) is 0. The Bertz CT molecular complexity index is 390. The van der Waals surface area contributed by atoms with Gasteiger partial charge < -0.3 is 10.6 Å². The van der Waals surface area contributed by atoms with Gasteiger partial charge in [0.25, 0.3) is 0 Å². The highest BCUT2D eigenvalue weighted by Crippen LogP contribution is 2.34. The molecule has 0 saturated carbocycles. The predicted molar refractivity (Wildman–Crippen MR) is 68.4 cm³/mol. The van der Waals surface area contributed by atoms with Crippen molar-refractivity contribution in [2.45, 2.75) is 44.8 Å². The molecule has 1 aromatic rings. The fourth-order valence-electron chi connectivity index (χ4n) is 2.55. The summed E-state index contributed by atoms with van der Waals surface area (Å²) in [5.41, 5.74) is 7.27. The van der Waals surface area contributed by atoms with Gasteiger partial charge in [-0.05, 0) is 18.9 Å². The second-order valence-electron chi connectivity index (χ2n) is 4.78. The zero-order valence-electron chi connectivity index (χ0n) is 10.5. The van der Waals surface area contributed by atoms with E-state index in [-0.39, 0.29) is 24.0 Å². The van der Waals surface area contributed by atoms with Crippen LogP contribution in [0.15, 0.2) is 30.3 Å². The number of likely N-dealkylation sites (tertiary alicyclic amines) is 1. The maximum absolute atomic E-state index is 12.0. The van der Waals surface area contributed by atoms with E-state index in [2.05, 4.69) is 26.0 Å². The smallest absolute Gasteiger partial charge is 0.225 e. The fraction of sp³-hybridized carbons (Fsp3) is 0.500. The Hall–Kier alpha value is -1.35. The van der Waals surface area contributed by atoms with Gasteiger partial charge in [0.2, 0.25) is 5.91 Å². The third kappa shape index (κ3) is 2.20. The number of nitrogens with two attached hydrogens (primary N) is 1. The molecule has 0 aromatic heterocycles. The second-order valence-corrected chi connectivity index (χ2v) is 4.78. The predicted octanol–water partition coefficient (Wildman–Crippen LogP) is 2.09. The van der Waals surface area contributed by atoms with Gasteiger partial charge in [-0.25, -0.2) is 0 Å². The van der Waals surface area contributed by atoms with E-state index in [1.807, 2.05) is 23.1 Å². The van der Waals surface area contributed by atoms with Crippen molar-refractivity contribution in [2.24, 2.45) is 5.73 Å². The third-order valence-corrected chi connectivity index (χ3v) is 3.61. The first-order valence-electron chi connectivity index (χ1n) is 6.26. The van der Waals surface area contributed by atoms with Gasteiger partial charge in [0.15, 0.2) is 0 Å². The van der Waals surface area contributed by atoms with Gasteiger partial charge in [-0.15, -0.1) is 0 Å². The van der Waals surface area contributed by atoms with Crippen LogP contribution >= 0.6 is 0 Å². The molecule has 1 aliphatic heterocycles. The van der Waals surface area contributed by atoms with Crippen LogP contribution in [0.1, 0.15) is 38.3 Å². The van der Waals surface area contributed by atoms with Crippen LogP contribution in [-0.2, 0) is 4.79 Å². The van der Waals surface area contributed by atoms with Gasteiger partial charge >= 0.3 is 0 Å². The summed E-state index contributed by atoms with van der Waals surface area (Å²) in [4.78, 5) is 14.0. The number of hydrogen-bond acceptors (Lipinski definition) is 2. The van der Waals surface area contributed by atoms with E-state index in [4.69, 9.17) is 5.73 Å². The Labute approximate surface area is 103 Å². The minimum Gasteiger partial charge on any atom is -0.331 e. The lowest BCUT2D eigenvalue weighted by molar-refractivity contribution is -0.131. The largest absolute Gasteiger partial charge is 0.331 e. The first kappa shape index (κ1) is 12.1. The average Bonchev–Trinajstić information content (AvgIpc) is 2.64. The van der Waals surface area contributed by atoms with Crippen molar-refractivity contribution in [3.63, 3.8) is 0 Å². The number of benzene rings is 1. The molecule has 1 aliphatic rings. The van der Waals surface area contributed by atoms with Crippen molar-refractivity contribution in [3.8, 4) is 0 Å². The summed E-state index contributed by atoms with van der Waals surface area (Å²) in [5, 5.41) is 0. The lowest BCUT2D eigenvalue weighted by atomic mass is 10.00. The highest BCUT2D eigenvalue weighted by Gasteiger charge is 2.40. The number of hydrogen-bond donors (Lipinski definition) is 1. The van der Waals surface area contributed by atoms with Crippen molar-refractivity contribution in [3.05, 3.63) is 35.9 Å². The van der Waals surface area contributed by atoms with Crippen LogP contribution in [0.3, 0.4) is 0 Å². The highest BCUT2D eigenvalue weighted by atomic mass is 16.2. The highest BCUT2D eigenvalue weighted by molar-refractivity contribution is 5.80. The Morgan fingerprint density at radius 3 is 2.65 bits per heavy atom. The number of amides is 1. The van der Waals surface area contributed by atoms with E-state index in [0.717, 1.165) is 12.0 Å². The van der Waals surface area contributed by atoms with E-state index in [9.17, 15) is 4.79 Å². The molecule has 17 heavy (non-hydrogen) atoms. The maximum Gasteiger partial charge on any atom is 0.225 e. The first-order valence-corrected chi connectivity index (χ1v) is 6.26. The minimum absolute atomic E-state index is 0.0404. The average molecular weight is 232 g/mol. The standard InChI is InChI=1S/C14H20N2O/c1-3-10(2)16-13(17)9-12(15)14(16)11-7-5-4-6-8-11/h4-8,10,12,14H,3,9,15H2,1-2H3. The van der Waals surface area contributed by atoms with E-state index in [1.165, 1.54) is 0 Å². The molecule has 1 amide bonds. The maximum atomic E-state index is 12.0. The van der Waals surface area contributed by atoms with Gasteiger partial charge in [0.05, 0.1) is 6.04 Å². The van der Waals surface area contributed by atoms with Crippen LogP contribution in [0.4, 0.5) is 0 Å². The van der Waals surface area contributed by atoms with Crippen LogP contribution in [-0.4, -0.2) is 22.9 Å². The van der Waals surface area contributed by atoms with E-state index in [0.29, 0.717) is 6.42 Å². The molecule has 3 atom stereocenters. The first-order chi connectivity index (χ1) is 8.15. The summed E-state index contributed by atoms with van der Waals surface area (Å²) in [6.07, 6.45) is 1.42. The number of nitrogens with zero attached hydrogens (tertiary/aromatic N) is 1. The molecule has 1 heterocycles. The second kappa shape index (κ2) is 4.88. The Morgan fingerprint density at radius 1 is 1.41 bits per heavy atom. The molecule has 2 N–H and O–H groups in total. The Morgan fingerprint density at radius 2 is 2.06 bits per heavy atom. The van der Waals surface area contributed by atoms with Crippen molar-refractivity contribution < 1.29 is 4.79 Å². The molecule has 3 unspecified atom stereocenters. The molecule has 3 heteroatoms. The van der Waals surface area contributed by atoms with Crippen molar-refractivity contribution in [2.75, 3.05) is 0 Å². The number of carbonyl (C=O) groups is 1. The van der Waals surface area contributed by atoms with Crippen LogP contribution in [0, 0.1) is 0 Å². The van der Waals surface area contributed by atoms with Gasteiger partial charge in [0.1, 0.15) is 0 Å². The number of carbonyl (C=O) groups excluding carboxylic acids is 1. The van der Waals surface area contributed by atoms with Gasteiger partial charge in [-0.3, -0.25) is 4.79 Å². The summed E-state index contributed by atoms with van der Waals surface area (Å²) in [6, 6.07) is 10.3. The Balaban J connectivity index is 2.33. The quantitative estimate of drug-likeness (QED) is 0.867. The summed E-state index contributed by atoms with van der Waals surface area (Å²) >= 11 is 0. The molecule has 0 aliphatic carbocycles. The van der Waals surface area contributed by atoms with Crippen molar-refractivity contribution >= 4 is 5.91 Å². The fourth-order valence-corrected chi connectivity index (χ4v) is 2.55. The molecule has 2 rings (SSSR count). The molecule has 0 spiro atoms. The zero-order valence-corrected chi connectivity index (χ0v) is 10.5. The van der Waals surface area contributed by atoms with Crippen LogP contribution in [0.25, 0.3) is 0 Å². The van der Waals surface area contributed by atoms with E-state index >= 15 is 0 Å². The molecular formula is C14H20N2O. The van der Waals surface area contributed by atoms with Crippen molar-refractivity contribution in [1.82, 2.24) is 4.90 Å². The lowest BCUT2D eigenvalue weighted by Gasteiger charge is -2.32. The summed E-state index contributed by atoms with van der Waals surface area (Å²) in [5.74, 6) is 0.181. The molecule has 1 fully saturated rings. The van der Waals surface area contributed by atoms with Crippen LogP contribution in [0.5, 0.6) is 0 Å². The minimum atomic E-state index is -0.0844. The van der Waals surface area contributed by atoms with E-state index in [1.54, 1.807) is 0 Å². The summed E-state index contributed by atoms with van der Waals surface area (Å²) in [6.45, 7) is 4.19. The molecule has 0 radical (unpaired) electrons. The SMILES string of the molecule is CCC(C)N1C(=O)CC(N)C1c1ccccc1. The molecule has 3 nitrogen and oxygen atoms in total. The monoisotopic (exact) mass is 232 g/mol. The normalized spacial score (nSPS) is 26.3. The topological polar surface area (TPSA) is 46.3 Å². The molecule has 1 saturated heterocycles. The van der Waals surface area contributed by atoms with Gasteiger partial charge in [-0.2, -0.15) is 0 Å². The van der Waals surface area contributed by atoms with Crippen molar-refractivity contribution in [1.29, 1.82) is 0 Å². The molecular weight excluding hydrogens is 212 g/mol. The third-order valence-electron chi connectivity index (χ3n) is 3.61. The number of rotatable bonds is 3. The molecule has 1 aromatic carbocycles. The van der Waals surface area contributed by atoms with Crippen LogP contribution < -0.4 is 5.73 Å². The summed E-state index contributed by atoms with van der Waals surface area (Å²) < 4.78 is 0. The Kier molecular flexibility index (Phi) is 3.48. The van der Waals surface area contributed by atoms with E-state index < -0.39 is 0 Å². The zero-order chi connectivity index (χ0) is 12.4. The van der Waals surface area contributed by atoms with Gasteiger partial charge in [0, 0.05) is 18.5 Å². The van der Waals surface area contributed by atoms with Gasteiger partial charge in [-0.1, -0.05) is 37.3 Å². The lowest BCUT2D eigenvalue weighted by Crippen LogP contribution is -2.38. The van der Waals surface area contributed by atoms with Crippen LogP contribution in [0.2, 0.25) is 0 Å². The molecule has 92 valence electrons. The molecule has 0 bridgehead atoms.